The summed E-state index contributed by atoms with van der Waals surface area (Å²) in [7, 11) is -1.36. The molecule has 180 valence electrons. The molecule has 1 aromatic carbocycles. The zero-order valence-electron chi connectivity index (χ0n) is 19.4. The van der Waals surface area contributed by atoms with Gasteiger partial charge in [-0.1, -0.05) is 18.2 Å². The third-order valence-electron chi connectivity index (χ3n) is 4.70. The number of hydrogen-bond donors (Lipinski definition) is 1. The van der Waals surface area contributed by atoms with Gasteiger partial charge in [-0.05, 0) is 50.5 Å². The van der Waals surface area contributed by atoms with Crippen LogP contribution in [0.15, 0.2) is 35.2 Å². The second kappa shape index (κ2) is 10.7. The number of H-pyrrole nitrogens is 1. The molecule has 33 heavy (non-hydrogen) atoms. The summed E-state index contributed by atoms with van der Waals surface area (Å²) in [6, 6.07) is 7.83. The molecule has 0 amide bonds. The van der Waals surface area contributed by atoms with Crippen molar-refractivity contribution in [2.75, 3.05) is 14.2 Å². The van der Waals surface area contributed by atoms with E-state index in [2.05, 4.69) is 9.72 Å². The Morgan fingerprint density at radius 1 is 0.939 bits per heavy atom. The van der Waals surface area contributed by atoms with Crippen molar-refractivity contribution in [3.8, 4) is 0 Å². The maximum absolute atomic E-state index is 13.0. The van der Waals surface area contributed by atoms with Crippen molar-refractivity contribution in [3.63, 3.8) is 0 Å². The molecule has 2 rings (SSSR count). The van der Waals surface area contributed by atoms with Crippen LogP contribution in [0.3, 0.4) is 0 Å². The number of carbonyl (C=O) groups is 3. The van der Waals surface area contributed by atoms with Gasteiger partial charge in [-0.25, -0.2) is 13.2 Å². The van der Waals surface area contributed by atoms with Crippen LogP contribution in [-0.2, 0) is 52.2 Å². The van der Waals surface area contributed by atoms with Crippen LogP contribution in [0, 0.1) is 0 Å². The Labute approximate surface area is 193 Å². The van der Waals surface area contributed by atoms with Gasteiger partial charge in [0.25, 0.3) is 0 Å². The molecule has 10 heteroatoms. The monoisotopic (exact) mass is 479 g/mol. The number of esters is 3. The van der Waals surface area contributed by atoms with Crippen LogP contribution in [0.2, 0.25) is 0 Å². The first-order valence-electron chi connectivity index (χ1n) is 10.2. The number of hydrogen-bond acceptors (Lipinski definition) is 8. The van der Waals surface area contributed by atoms with E-state index < -0.39 is 39.1 Å². The summed E-state index contributed by atoms with van der Waals surface area (Å²) in [6.45, 7) is 5.08. The highest BCUT2D eigenvalue weighted by Gasteiger charge is 2.30. The maximum atomic E-state index is 13.0. The van der Waals surface area contributed by atoms with Crippen LogP contribution in [0.4, 0.5) is 0 Å². The number of nitrogens with one attached hydrogen (secondary N) is 1. The number of methoxy groups -OCH3 is 2. The summed E-state index contributed by atoms with van der Waals surface area (Å²) < 4.78 is 40.9. The number of aromatic nitrogens is 1. The summed E-state index contributed by atoms with van der Waals surface area (Å²) >= 11 is 0. The van der Waals surface area contributed by atoms with Crippen molar-refractivity contribution in [2.45, 2.75) is 56.3 Å². The van der Waals surface area contributed by atoms with Crippen LogP contribution in [0.1, 0.15) is 54.5 Å². The molecule has 0 atom stereocenters. The van der Waals surface area contributed by atoms with Crippen molar-refractivity contribution in [2.24, 2.45) is 0 Å². The second-order valence-corrected chi connectivity index (χ2v) is 10.3. The Kier molecular flexibility index (Phi) is 8.43. The largest absolute Gasteiger partial charge is 0.469 e. The van der Waals surface area contributed by atoms with E-state index in [-0.39, 0.29) is 41.1 Å². The predicted molar refractivity (Wildman–Crippen MR) is 119 cm³/mol. The van der Waals surface area contributed by atoms with Gasteiger partial charge in [-0.3, -0.25) is 9.59 Å². The fraction of sp³-hybridized carbons (Fsp3) is 0.435. The van der Waals surface area contributed by atoms with E-state index in [9.17, 15) is 22.8 Å². The molecule has 0 aliphatic rings. The van der Waals surface area contributed by atoms with Gasteiger partial charge < -0.3 is 19.2 Å². The van der Waals surface area contributed by atoms with Crippen LogP contribution in [0.5, 0.6) is 0 Å². The molecule has 0 spiro atoms. The van der Waals surface area contributed by atoms with Gasteiger partial charge in [0.05, 0.1) is 31.3 Å². The lowest BCUT2D eigenvalue weighted by molar-refractivity contribution is -0.141. The standard InChI is InChI=1S/C23H29NO8S/c1-23(2,3)32-22(27)21-16(11-12-19(25)30-4)17(13-20(26)31-5)18(24-21)14-33(28,29)15-9-7-6-8-10-15/h6-10,24H,11-14H2,1-5H3. The van der Waals surface area contributed by atoms with Gasteiger partial charge in [0.15, 0.2) is 9.84 Å². The van der Waals surface area contributed by atoms with Crippen molar-refractivity contribution >= 4 is 27.7 Å². The SMILES string of the molecule is COC(=O)CCc1c(C(=O)OC(C)(C)C)[nH]c(CS(=O)(=O)c2ccccc2)c1CC(=O)OC. The van der Waals surface area contributed by atoms with Crippen LogP contribution < -0.4 is 0 Å². The van der Waals surface area contributed by atoms with E-state index in [0.717, 1.165) is 0 Å². The zero-order valence-corrected chi connectivity index (χ0v) is 20.2. The molecular weight excluding hydrogens is 450 g/mol. The number of sulfone groups is 1. The Morgan fingerprint density at radius 3 is 2.09 bits per heavy atom. The lowest BCUT2D eigenvalue weighted by Gasteiger charge is -2.19. The molecule has 1 heterocycles. The minimum Gasteiger partial charge on any atom is -0.469 e. The number of benzene rings is 1. The average molecular weight is 480 g/mol. The molecular formula is C23H29NO8S. The van der Waals surface area contributed by atoms with E-state index in [4.69, 9.17) is 9.47 Å². The van der Waals surface area contributed by atoms with Gasteiger partial charge in [0.1, 0.15) is 11.3 Å². The number of aromatic amines is 1. The Morgan fingerprint density at radius 2 is 1.55 bits per heavy atom. The van der Waals surface area contributed by atoms with Gasteiger partial charge in [0, 0.05) is 12.1 Å². The summed E-state index contributed by atoms with van der Waals surface area (Å²) in [4.78, 5) is 39.8. The molecule has 9 nitrogen and oxygen atoms in total. The first-order chi connectivity index (χ1) is 15.4. The fourth-order valence-electron chi connectivity index (χ4n) is 3.20. The van der Waals surface area contributed by atoms with E-state index in [0.29, 0.717) is 5.56 Å². The highest BCUT2D eigenvalue weighted by molar-refractivity contribution is 7.90. The van der Waals surface area contributed by atoms with Crippen molar-refractivity contribution in [3.05, 3.63) is 52.8 Å². The lowest BCUT2D eigenvalue weighted by atomic mass is 10.0. The molecule has 0 unspecified atom stereocenters. The lowest BCUT2D eigenvalue weighted by Crippen LogP contribution is -2.25. The minimum absolute atomic E-state index is 0.00834. The smallest absolute Gasteiger partial charge is 0.355 e. The minimum atomic E-state index is -3.81. The molecule has 0 fully saturated rings. The third-order valence-corrected chi connectivity index (χ3v) is 6.36. The molecule has 0 saturated carbocycles. The molecule has 1 aromatic heterocycles. The summed E-state index contributed by atoms with van der Waals surface area (Å²) in [5.74, 6) is -2.36. The molecule has 0 aliphatic heterocycles. The van der Waals surface area contributed by atoms with E-state index in [1.54, 1.807) is 39.0 Å². The summed E-state index contributed by atoms with van der Waals surface area (Å²) in [6.07, 6.45) is -0.329. The quantitative estimate of drug-likeness (QED) is 0.429. The second-order valence-electron chi connectivity index (χ2n) is 8.34. The third kappa shape index (κ3) is 7.18. The first-order valence-corrected chi connectivity index (χ1v) is 11.9. The van der Waals surface area contributed by atoms with E-state index in [1.807, 2.05) is 0 Å². The van der Waals surface area contributed by atoms with Crippen LogP contribution >= 0.6 is 0 Å². The number of ether oxygens (including phenoxy) is 3. The van der Waals surface area contributed by atoms with Crippen LogP contribution in [0.25, 0.3) is 0 Å². The Balaban J connectivity index is 2.61. The van der Waals surface area contributed by atoms with Crippen LogP contribution in [-0.4, -0.2) is 51.1 Å². The maximum Gasteiger partial charge on any atom is 0.355 e. The highest BCUT2D eigenvalue weighted by atomic mass is 32.2. The first kappa shape index (κ1) is 26.1. The van der Waals surface area contributed by atoms with Gasteiger partial charge in [-0.2, -0.15) is 0 Å². The summed E-state index contributed by atoms with van der Waals surface area (Å²) in [5.41, 5.74) is -0.0685. The fourth-order valence-corrected chi connectivity index (χ4v) is 4.56. The van der Waals surface area contributed by atoms with Gasteiger partial charge >= 0.3 is 17.9 Å². The van der Waals surface area contributed by atoms with E-state index >= 15 is 0 Å². The van der Waals surface area contributed by atoms with Crippen molar-refractivity contribution < 1.29 is 37.0 Å². The van der Waals surface area contributed by atoms with Gasteiger partial charge in [0.2, 0.25) is 0 Å². The average Bonchev–Trinajstić information content (AvgIpc) is 3.07. The van der Waals surface area contributed by atoms with Crippen molar-refractivity contribution in [1.29, 1.82) is 0 Å². The van der Waals surface area contributed by atoms with E-state index in [1.165, 1.54) is 26.4 Å². The normalized spacial score (nSPS) is 11.7. The van der Waals surface area contributed by atoms with Crippen molar-refractivity contribution in [1.82, 2.24) is 4.98 Å². The Bertz CT molecular complexity index is 1110. The molecule has 2 aromatic rings. The predicted octanol–water partition coefficient (Wildman–Crippen LogP) is 2.77. The van der Waals surface area contributed by atoms with Gasteiger partial charge in [-0.15, -0.1) is 0 Å². The molecule has 0 aliphatic carbocycles. The molecule has 0 radical (unpaired) electrons. The molecule has 0 saturated heterocycles. The molecule has 0 bridgehead atoms. The molecule has 1 N–H and O–H groups in total. The Hall–Kier alpha value is -3.14. The summed E-state index contributed by atoms with van der Waals surface area (Å²) in [5, 5.41) is 0. The topological polar surface area (TPSA) is 129 Å². The number of rotatable bonds is 9. The number of carbonyl (C=O) groups excluding carboxylic acids is 3. The highest BCUT2D eigenvalue weighted by Crippen LogP contribution is 2.28. The zero-order chi connectivity index (χ0) is 24.8.